The molecular formula is C46H90NO9P. The third kappa shape index (κ3) is 42.6. The van der Waals surface area contributed by atoms with E-state index < -0.39 is 45.1 Å². The minimum Gasteiger partial charge on any atom is -0.480 e. The molecule has 0 aromatic heterocycles. The fourth-order valence-corrected chi connectivity index (χ4v) is 7.61. The molecule has 338 valence electrons. The zero-order chi connectivity index (χ0) is 41.9. The summed E-state index contributed by atoms with van der Waals surface area (Å²) in [6.07, 6.45) is 45.4. The number of aliphatic carboxylic acids is 1. The van der Waals surface area contributed by atoms with E-state index in [0.29, 0.717) is 6.61 Å². The first kappa shape index (κ1) is 55.7. The van der Waals surface area contributed by atoms with Crippen LogP contribution >= 0.6 is 7.82 Å². The first-order valence-electron chi connectivity index (χ1n) is 23.7. The van der Waals surface area contributed by atoms with Crippen molar-refractivity contribution >= 4 is 19.8 Å². The molecule has 0 aliphatic heterocycles. The van der Waals surface area contributed by atoms with Gasteiger partial charge in [0.15, 0.2) is 0 Å². The topological polar surface area (TPSA) is 155 Å². The van der Waals surface area contributed by atoms with Crippen molar-refractivity contribution in [3.8, 4) is 0 Å². The highest BCUT2D eigenvalue weighted by Gasteiger charge is 2.27. The normalized spacial score (nSPS) is 13.9. The maximum atomic E-state index is 12.7. The van der Waals surface area contributed by atoms with Crippen molar-refractivity contribution in [3.05, 3.63) is 12.2 Å². The molecule has 11 heteroatoms. The number of phosphoric ester groups is 1. The van der Waals surface area contributed by atoms with Crippen LogP contribution in [0.15, 0.2) is 12.2 Å². The van der Waals surface area contributed by atoms with Gasteiger partial charge in [0, 0.05) is 13.0 Å². The second-order valence-electron chi connectivity index (χ2n) is 16.2. The summed E-state index contributed by atoms with van der Waals surface area (Å²) < 4.78 is 33.4. The van der Waals surface area contributed by atoms with E-state index in [1.807, 2.05) is 0 Å². The van der Waals surface area contributed by atoms with Crippen LogP contribution < -0.4 is 5.73 Å². The Balaban J connectivity index is 4.16. The number of phosphoric acid groups is 1. The Kier molecular flexibility index (Phi) is 41.9. The molecule has 0 saturated heterocycles. The molecule has 3 atom stereocenters. The summed E-state index contributed by atoms with van der Waals surface area (Å²) in [6, 6.07) is -1.47. The van der Waals surface area contributed by atoms with Crippen molar-refractivity contribution in [1.82, 2.24) is 0 Å². The monoisotopic (exact) mass is 832 g/mol. The number of carbonyl (C=O) groups excluding carboxylic acids is 1. The molecule has 10 nitrogen and oxygen atoms in total. The Bertz CT molecular complexity index is 966. The summed E-state index contributed by atoms with van der Waals surface area (Å²) in [4.78, 5) is 33.6. The predicted molar refractivity (Wildman–Crippen MR) is 236 cm³/mol. The molecule has 0 heterocycles. The standard InChI is InChI=1S/C46H90NO9P/c1-3-5-7-9-11-13-15-17-19-21-23-25-27-29-31-33-35-37-39-53-40-43(41-54-57(51,52)55-42-44(47)46(49)50)56-45(48)38-36-34-32-30-28-26-24-22-20-18-16-14-12-10-8-6-4-2/h17,19,43-44H,3-16,18,20-42,47H2,1-2H3,(H,49,50)(H,51,52)/b19-17-. The summed E-state index contributed by atoms with van der Waals surface area (Å²) in [6.45, 7) is 3.92. The second kappa shape index (κ2) is 42.8. The number of hydrogen-bond donors (Lipinski definition) is 3. The molecule has 3 unspecified atom stereocenters. The third-order valence-electron chi connectivity index (χ3n) is 10.5. The molecular weight excluding hydrogens is 741 g/mol. The van der Waals surface area contributed by atoms with Crippen LogP contribution in [0.25, 0.3) is 0 Å². The van der Waals surface area contributed by atoms with Gasteiger partial charge in [-0.15, -0.1) is 0 Å². The number of ether oxygens (including phenoxy) is 2. The van der Waals surface area contributed by atoms with Gasteiger partial charge in [-0.3, -0.25) is 18.6 Å². The van der Waals surface area contributed by atoms with Crippen molar-refractivity contribution < 1.29 is 42.7 Å². The van der Waals surface area contributed by atoms with Crippen molar-refractivity contribution in [3.63, 3.8) is 0 Å². The largest absolute Gasteiger partial charge is 0.480 e. The molecule has 0 aliphatic carbocycles. The van der Waals surface area contributed by atoms with Crippen LogP contribution in [0.1, 0.15) is 232 Å². The SMILES string of the molecule is CCCCCCCC/C=C\CCCCCCCCCCOCC(COP(=O)(O)OCC(N)C(=O)O)OC(=O)CCCCCCCCCCCCCCCCCCC. The van der Waals surface area contributed by atoms with E-state index in [0.717, 1.165) is 38.5 Å². The van der Waals surface area contributed by atoms with Crippen molar-refractivity contribution in [1.29, 1.82) is 0 Å². The highest BCUT2D eigenvalue weighted by atomic mass is 31.2. The Morgan fingerprint density at radius 3 is 1.33 bits per heavy atom. The molecule has 0 aromatic carbocycles. The Labute approximate surface area is 350 Å². The third-order valence-corrected chi connectivity index (χ3v) is 11.5. The van der Waals surface area contributed by atoms with E-state index in [9.17, 15) is 19.0 Å². The van der Waals surface area contributed by atoms with Gasteiger partial charge in [0.05, 0.1) is 19.8 Å². The zero-order valence-corrected chi connectivity index (χ0v) is 37.9. The molecule has 0 rings (SSSR count). The quantitative estimate of drug-likeness (QED) is 0.0234. The number of carbonyl (C=O) groups is 2. The number of carboxylic acid groups (broad SMARTS) is 1. The molecule has 0 bridgehead atoms. The summed E-state index contributed by atoms with van der Waals surface area (Å²) in [5.41, 5.74) is 5.36. The van der Waals surface area contributed by atoms with Gasteiger partial charge < -0.3 is 25.2 Å². The van der Waals surface area contributed by atoms with Gasteiger partial charge in [0.2, 0.25) is 0 Å². The molecule has 0 spiro atoms. The lowest BCUT2D eigenvalue weighted by molar-refractivity contribution is -0.154. The predicted octanol–water partition coefficient (Wildman–Crippen LogP) is 13.3. The zero-order valence-electron chi connectivity index (χ0n) is 37.0. The fourth-order valence-electron chi connectivity index (χ4n) is 6.84. The number of esters is 1. The van der Waals surface area contributed by atoms with Crippen LogP contribution in [0.4, 0.5) is 0 Å². The second-order valence-corrected chi connectivity index (χ2v) is 17.7. The van der Waals surface area contributed by atoms with Gasteiger partial charge in [0.1, 0.15) is 12.1 Å². The van der Waals surface area contributed by atoms with Crippen LogP contribution in [0.2, 0.25) is 0 Å². The van der Waals surface area contributed by atoms with Gasteiger partial charge >= 0.3 is 19.8 Å². The lowest BCUT2D eigenvalue weighted by Crippen LogP contribution is -2.34. The van der Waals surface area contributed by atoms with Crippen molar-refractivity contribution in [2.45, 2.75) is 244 Å². The summed E-state index contributed by atoms with van der Waals surface area (Å²) in [7, 11) is -4.61. The summed E-state index contributed by atoms with van der Waals surface area (Å²) in [5.74, 6) is -1.77. The Hall–Kier alpha value is -1.29. The van der Waals surface area contributed by atoms with Crippen LogP contribution in [0.5, 0.6) is 0 Å². The first-order chi connectivity index (χ1) is 27.7. The van der Waals surface area contributed by atoms with Crippen LogP contribution in [-0.4, -0.2) is 60.5 Å². The molecule has 57 heavy (non-hydrogen) atoms. The minimum atomic E-state index is -4.61. The van der Waals surface area contributed by atoms with Crippen molar-refractivity contribution in [2.75, 3.05) is 26.4 Å². The molecule has 0 fully saturated rings. The molecule has 4 N–H and O–H groups in total. The molecule has 0 saturated carbocycles. The van der Waals surface area contributed by atoms with E-state index in [-0.39, 0.29) is 13.0 Å². The maximum absolute atomic E-state index is 12.7. The number of hydrogen-bond acceptors (Lipinski definition) is 8. The highest BCUT2D eigenvalue weighted by molar-refractivity contribution is 7.47. The minimum absolute atomic E-state index is 0.0207. The number of nitrogens with two attached hydrogens (primary N) is 1. The molecule has 0 amide bonds. The van der Waals surface area contributed by atoms with Gasteiger partial charge in [0.25, 0.3) is 0 Å². The number of allylic oxidation sites excluding steroid dienone is 2. The average Bonchev–Trinajstić information content (AvgIpc) is 3.19. The van der Waals surface area contributed by atoms with E-state index in [2.05, 4.69) is 26.0 Å². The fraction of sp³-hybridized carbons (Fsp3) is 0.913. The number of unbranched alkanes of at least 4 members (excludes halogenated alkanes) is 30. The first-order valence-corrected chi connectivity index (χ1v) is 25.2. The van der Waals surface area contributed by atoms with Crippen LogP contribution in [0, 0.1) is 0 Å². The lowest BCUT2D eigenvalue weighted by atomic mass is 10.0. The molecule has 0 radical (unpaired) electrons. The van der Waals surface area contributed by atoms with Crippen LogP contribution in [-0.2, 0) is 32.7 Å². The van der Waals surface area contributed by atoms with Crippen LogP contribution in [0.3, 0.4) is 0 Å². The lowest BCUT2D eigenvalue weighted by Gasteiger charge is -2.20. The van der Waals surface area contributed by atoms with Gasteiger partial charge in [-0.25, -0.2) is 4.57 Å². The Morgan fingerprint density at radius 1 is 0.544 bits per heavy atom. The van der Waals surface area contributed by atoms with E-state index >= 15 is 0 Å². The molecule has 0 aromatic rings. The van der Waals surface area contributed by atoms with E-state index in [4.69, 9.17) is 29.4 Å². The maximum Gasteiger partial charge on any atom is 0.472 e. The number of carboxylic acids is 1. The van der Waals surface area contributed by atoms with Crippen molar-refractivity contribution in [2.24, 2.45) is 5.73 Å². The smallest absolute Gasteiger partial charge is 0.472 e. The van der Waals surface area contributed by atoms with E-state index in [1.165, 1.54) is 173 Å². The summed E-state index contributed by atoms with van der Waals surface area (Å²) in [5, 5.41) is 8.91. The van der Waals surface area contributed by atoms with Gasteiger partial charge in [-0.1, -0.05) is 199 Å². The average molecular weight is 832 g/mol. The summed E-state index contributed by atoms with van der Waals surface area (Å²) >= 11 is 0. The van der Waals surface area contributed by atoms with E-state index in [1.54, 1.807) is 0 Å². The Morgan fingerprint density at radius 2 is 0.912 bits per heavy atom. The number of rotatable bonds is 46. The van der Waals surface area contributed by atoms with Gasteiger partial charge in [-0.05, 0) is 38.5 Å². The molecule has 0 aliphatic rings. The highest BCUT2D eigenvalue weighted by Crippen LogP contribution is 2.43. The van der Waals surface area contributed by atoms with Gasteiger partial charge in [-0.2, -0.15) is 0 Å².